The van der Waals surface area contributed by atoms with E-state index in [1.54, 1.807) is 12.1 Å². The number of anilines is 1. The van der Waals surface area contributed by atoms with E-state index in [1.807, 2.05) is 0 Å². The van der Waals surface area contributed by atoms with Crippen LogP contribution in [0.3, 0.4) is 0 Å². The van der Waals surface area contributed by atoms with Gasteiger partial charge in [0.25, 0.3) is 0 Å². The Kier molecular flexibility index (Phi) is 3.90. The summed E-state index contributed by atoms with van der Waals surface area (Å²) in [4.78, 5) is 7.59. The summed E-state index contributed by atoms with van der Waals surface area (Å²) in [5.41, 5.74) is -0.169. The second-order valence-corrected chi connectivity index (χ2v) is 4.10. The van der Waals surface area contributed by atoms with Gasteiger partial charge in [0.1, 0.15) is 5.82 Å². The van der Waals surface area contributed by atoms with Crippen molar-refractivity contribution in [2.24, 2.45) is 0 Å². The zero-order chi connectivity index (χ0) is 13.9. The largest absolute Gasteiger partial charge is 0.416 e. The summed E-state index contributed by atoms with van der Waals surface area (Å²) in [6, 6.07) is 6.68. The molecule has 0 spiro atoms. The number of nitrogens with zero attached hydrogens (tertiary/aromatic N) is 2. The Morgan fingerprint density at radius 2 is 2.00 bits per heavy atom. The molecule has 2 aromatic rings. The van der Waals surface area contributed by atoms with Gasteiger partial charge in [-0.2, -0.15) is 13.2 Å². The molecule has 0 radical (unpaired) electrons. The SMILES string of the molecule is FC(F)(F)c1cccc(CNc2ccnc(Cl)n2)c1. The molecule has 0 aliphatic heterocycles. The van der Waals surface area contributed by atoms with Crippen LogP contribution in [0.15, 0.2) is 36.5 Å². The molecule has 0 fully saturated rings. The predicted molar refractivity (Wildman–Crippen MR) is 65.8 cm³/mol. The minimum absolute atomic E-state index is 0.0778. The fraction of sp³-hybridized carbons (Fsp3) is 0.167. The molecule has 0 aliphatic carbocycles. The summed E-state index contributed by atoms with van der Waals surface area (Å²) in [5.74, 6) is 0.456. The third-order valence-corrected chi connectivity index (χ3v) is 2.54. The van der Waals surface area contributed by atoms with Crippen LogP contribution in [0.4, 0.5) is 19.0 Å². The Labute approximate surface area is 112 Å². The van der Waals surface area contributed by atoms with Gasteiger partial charge in [-0.15, -0.1) is 0 Å². The van der Waals surface area contributed by atoms with Crippen molar-refractivity contribution in [3.8, 4) is 0 Å². The number of halogens is 4. The lowest BCUT2D eigenvalue weighted by Gasteiger charge is -2.09. The molecule has 1 aromatic carbocycles. The second-order valence-electron chi connectivity index (χ2n) is 3.76. The zero-order valence-electron chi connectivity index (χ0n) is 9.58. The van der Waals surface area contributed by atoms with Crippen LogP contribution in [0.5, 0.6) is 0 Å². The first kappa shape index (κ1) is 13.6. The van der Waals surface area contributed by atoms with Crippen molar-refractivity contribution in [2.45, 2.75) is 12.7 Å². The van der Waals surface area contributed by atoms with E-state index in [0.717, 1.165) is 12.1 Å². The lowest BCUT2D eigenvalue weighted by atomic mass is 10.1. The summed E-state index contributed by atoms with van der Waals surface area (Å²) < 4.78 is 37.6. The van der Waals surface area contributed by atoms with E-state index < -0.39 is 11.7 Å². The van der Waals surface area contributed by atoms with Crippen LogP contribution < -0.4 is 5.32 Å². The molecule has 7 heteroatoms. The average Bonchev–Trinajstić information content (AvgIpc) is 2.36. The maximum Gasteiger partial charge on any atom is 0.416 e. The molecule has 0 unspecified atom stereocenters. The van der Waals surface area contributed by atoms with E-state index in [9.17, 15) is 13.2 Å². The molecule has 0 amide bonds. The molecule has 100 valence electrons. The van der Waals surface area contributed by atoms with Gasteiger partial charge in [-0.25, -0.2) is 9.97 Å². The molecule has 19 heavy (non-hydrogen) atoms. The highest BCUT2D eigenvalue weighted by Gasteiger charge is 2.30. The van der Waals surface area contributed by atoms with Gasteiger partial charge in [0.15, 0.2) is 0 Å². The fourth-order valence-corrected chi connectivity index (χ4v) is 1.63. The summed E-state index contributed by atoms with van der Waals surface area (Å²) in [7, 11) is 0. The van der Waals surface area contributed by atoms with Crippen LogP contribution in [-0.2, 0) is 12.7 Å². The summed E-state index contributed by atoms with van der Waals surface area (Å²) in [6.45, 7) is 0.220. The molecular formula is C12H9ClF3N3. The molecular weight excluding hydrogens is 279 g/mol. The minimum atomic E-state index is -4.34. The third kappa shape index (κ3) is 3.82. The lowest BCUT2D eigenvalue weighted by Crippen LogP contribution is -2.07. The van der Waals surface area contributed by atoms with Crippen molar-refractivity contribution in [2.75, 3.05) is 5.32 Å². The van der Waals surface area contributed by atoms with Crippen molar-refractivity contribution in [3.63, 3.8) is 0 Å². The van der Waals surface area contributed by atoms with Gasteiger partial charge >= 0.3 is 6.18 Å². The van der Waals surface area contributed by atoms with E-state index in [4.69, 9.17) is 11.6 Å². The Bertz CT molecular complexity index is 572. The Hall–Kier alpha value is -1.82. The number of aromatic nitrogens is 2. The Balaban J connectivity index is 2.08. The predicted octanol–water partition coefficient (Wildman–Crippen LogP) is 3.76. The van der Waals surface area contributed by atoms with E-state index >= 15 is 0 Å². The fourth-order valence-electron chi connectivity index (χ4n) is 1.48. The van der Waals surface area contributed by atoms with Crippen molar-refractivity contribution in [1.29, 1.82) is 0 Å². The number of alkyl halides is 3. The molecule has 3 nitrogen and oxygen atoms in total. The van der Waals surface area contributed by atoms with Crippen molar-refractivity contribution >= 4 is 17.4 Å². The molecule has 2 rings (SSSR count). The van der Waals surface area contributed by atoms with Crippen LogP contribution in [0.2, 0.25) is 5.28 Å². The molecule has 1 aromatic heterocycles. The maximum atomic E-state index is 12.5. The van der Waals surface area contributed by atoms with Gasteiger partial charge in [0.2, 0.25) is 5.28 Å². The molecule has 0 saturated carbocycles. The van der Waals surface area contributed by atoms with Gasteiger partial charge in [0, 0.05) is 12.7 Å². The van der Waals surface area contributed by atoms with Crippen molar-refractivity contribution in [3.05, 3.63) is 52.9 Å². The summed E-state index contributed by atoms with van der Waals surface area (Å²) in [6.07, 6.45) is -2.88. The van der Waals surface area contributed by atoms with Crippen LogP contribution >= 0.6 is 11.6 Å². The monoisotopic (exact) mass is 287 g/mol. The number of hydrogen-bond acceptors (Lipinski definition) is 3. The van der Waals surface area contributed by atoms with E-state index in [-0.39, 0.29) is 11.8 Å². The number of benzene rings is 1. The molecule has 1 N–H and O–H groups in total. The second kappa shape index (κ2) is 5.44. The highest BCUT2D eigenvalue weighted by atomic mass is 35.5. The molecule has 0 bridgehead atoms. The molecule has 1 heterocycles. The first-order chi connectivity index (χ1) is 8.95. The van der Waals surface area contributed by atoms with Crippen LogP contribution in [-0.4, -0.2) is 9.97 Å². The summed E-state index contributed by atoms with van der Waals surface area (Å²) in [5, 5.41) is 2.96. The van der Waals surface area contributed by atoms with Gasteiger partial charge in [-0.3, -0.25) is 0 Å². The summed E-state index contributed by atoms with van der Waals surface area (Å²) >= 11 is 5.60. The standard InChI is InChI=1S/C12H9ClF3N3/c13-11-17-5-4-10(19-11)18-7-8-2-1-3-9(6-8)12(14,15)16/h1-6H,7H2,(H,17,18,19). The Morgan fingerprint density at radius 3 is 2.68 bits per heavy atom. The quantitative estimate of drug-likeness (QED) is 0.874. The zero-order valence-corrected chi connectivity index (χ0v) is 10.3. The topological polar surface area (TPSA) is 37.8 Å². The molecule has 0 aliphatic rings. The van der Waals surface area contributed by atoms with E-state index in [2.05, 4.69) is 15.3 Å². The number of hydrogen-bond donors (Lipinski definition) is 1. The van der Waals surface area contributed by atoms with Gasteiger partial charge in [-0.1, -0.05) is 12.1 Å². The first-order valence-corrected chi connectivity index (χ1v) is 5.71. The number of nitrogens with one attached hydrogen (secondary N) is 1. The molecule has 0 atom stereocenters. The normalized spacial score (nSPS) is 11.4. The molecule has 0 saturated heterocycles. The van der Waals surface area contributed by atoms with Crippen molar-refractivity contribution < 1.29 is 13.2 Å². The van der Waals surface area contributed by atoms with Crippen molar-refractivity contribution in [1.82, 2.24) is 9.97 Å². The van der Waals surface area contributed by atoms with Crippen LogP contribution in [0.1, 0.15) is 11.1 Å². The van der Waals surface area contributed by atoms with Gasteiger partial charge in [-0.05, 0) is 35.4 Å². The minimum Gasteiger partial charge on any atom is -0.366 e. The highest BCUT2D eigenvalue weighted by molar-refractivity contribution is 6.28. The highest BCUT2D eigenvalue weighted by Crippen LogP contribution is 2.29. The smallest absolute Gasteiger partial charge is 0.366 e. The van der Waals surface area contributed by atoms with E-state index in [0.29, 0.717) is 11.4 Å². The maximum absolute atomic E-state index is 12.5. The van der Waals surface area contributed by atoms with Gasteiger partial charge in [0.05, 0.1) is 5.56 Å². The average molecular weight is 288 g/mol. The van der Waals surface area contributed by atoms with E-state index in [1.165, 1.54) is 12.3 Å². The first-order valence-electron chi connectivity index (χ1n) is 5.34. The third-order valence-electron chi connectivity index (χ3n) is 2.35. The van der Waals surface area contributed by atoms with Crippen LogP contribution in [0, 0.1) is 0 Å². The van der Waals surface area contributed by atoms with Crippen LogP contribution in [0.25, 0.3) is 0 Å². The van der Waals surface area contributed by atoms with Gasteiger partial charge < -0.3 is 5.32 Å². The Morgan fingerprint density at radius 1 is 1.21 bits per heavy atom. The number of rotatable bonds is 3. The lowest BCUT2D eigenvalue weighted by molar-refractivity contribution is -0.137.